The van der Waals surface area contributed by atoms with E-state index in [4.69, 9.17) is 0 Å². The van der Waals surface area contributed by atoms with E-state index in [-0.39, 0.29) is 0 Å². The number of para-hydroxylation sites is 1. The van der Waals surface area contributed by atoms with Crippen LogP contribution < -0.4 is 4.72 Å². The van der Waals surface area contributed by atoms with Crippen LogP contribution in [-0.4, -0.2) is 44.2 Å². The molecular formula is C17H25N3O2S. The van der Waals surface area contributed by atoms with Crippen LogP contribution in [0, 0.1) is 19.8 Å². The maximum atomic E-state index is 11.2. The van der Waals surface area contributed by atoms with Crippen LogP contribution >= 0.6 is 0 Å². The normalized spacial score (nSPS) is 19.7. The average molecular weight is 335 g/mol. The summed E-state index contributed by atoms with van der Waals surface area (Å²) in [6.45, 7) is 7.68. The Labute approximate surface area is 138 Å². The van der Waals surface area contributed by atoms with Gasteiger partial charge >= 0.3 is 0 Å². The molecule has 126 valence electrons. The summed E-state index contributed by atoms with van der Waals surface area (Å²) in [5.74, 6) is 0.399. The molecule has 2 heterocycles. The van der Waals surface area contributed by atoms with Gasteiger partial charge in [0.05, 0.1) is 11.8 Å². The first-order valence-corrected chi connectivity index (χ1v) is 9.96. The van der Waals surface area contributed by atoms with Gasteiger partial charge in [0.15, 0.2) is 0 Å². The highest BCUT2D eigenvalue weighted by atomic mass is 32.2. The van der Waals surface area contributed by atoms with Crippen molar-refractivity contribution in [3.05, 3.63) is 35.0 Å². The summed E-state index contributed by atoms with van der Waals surface area (Å²) < 4.78 is 25.1. The largest absolute Gasteiger partial charge is 0.358 e. The number of nitrogens with zero attached hydrogens (tertiary/aromatic N) is 1. The van der Waals surface area contributed by atoms with Crippen molar-refractivity contribution in [2.45, 2.75) is 26.8 Å². The molecule has 1 aliphatic rings. The van der Waals surface area contributed by atoms with Crippen molar-refractivity contribution >= 4 is 20.9 Å². The van der Waals surface area contributed by atoms with Crippen LogP contribution in [0.4, 0.5) is 0 Å². The van der Waals surface area contributed by atoms with Crippen molar-refractivity contribution in [2.24, 2.45) is 5.92 Å². The zero-order valence-electron chi connectivity index (χ0n) is 14.0. The van der Waals surface area contributed by atoms with Crippen LogP contribution in [0.2, 0.25) is 0 Å². The van der Waals surface area contributed by atoms with E-state index < -0.39 is 10.0 Å². The summed E-state index contributed by atoms with van der Waals surface area (Å²) in [5, 5.41) is 1.30. The van der Waals surface area contributed by atoms with Gasteiger partial charge in [-0.2, -0.15) is 0 Å². The topological polar surface area (TPSA) is 65.2 Å². The summed E-state index contributed by atoms with van der Waals surface area (Å²) >= 11 is 0. The van der Waals surface area contributed by atoms with Crippen molar-refractivity contribution in [2.75, 3.05) is 25.9 Å². The van der Waals surface area contributed by atoms with E-state index in [1.165, 1.54) is 34.0 Å². The molecule has 1 saturated heterocycles. The SMILES string of the molecule is Cc1[nH]c2c(CN3CC[C@@H](CNS(C)(=O)=O)C3)cccc2c1C. The quantitative estimate of drug-likeness (QED) is 0.880. The Morgan fingerprint density at radius 1 is 1.35 bits per heavy atom. The fourth-order valence-corrected chi connectivity index (χ4v) is 3.95. The minimum absolute atomic E-state index is 0.399. The molecule has 3 rings (SSSR count). The number of nitrogens with one attached hydrogen (secondary N) is 2. The Kier molecular flexibility index (Phi) is 4.49. The fraction of sp³-hybridized carbons (Fsp3) is 0.529. The molecular weight excluding hydrogens is 310 g/mol. The fourth-order valence-electron chi connectivity index (χ4n) is 3.41. The number of aromatic nitrogens is 1. The molecule has 23 heavy (non-hydrogen) atoms. The third-order valence-electron chi connectivity index (χ3n) is 4.83. The lowest BCUT2D eigenvalue weighted by molar-refractivity contribution is 0.317. The number of hydrogen-bond acceptors (Lipinski definition) is 3. The second kappa shape index (κ2) is 6.26. The highest BCUT2D eigenvalue weighted by molar-refractivity contribution is 7.88. The lowest BCUT2D eigenvalue weighted by Crippen LogP contribution is -2.30. The second-order valence-corrected chi connectivity index (χ2v) is 8.56. The van der Waals surface area contributed by atoms with Crippen LogP contribution in [0.5, 0.6) is 0 Å². The summed E-state index contributed by atoms with van der Waals surface area (Å²) in [5.41, 5.74) is 5.10. The van der Waals surface area contributed by atoms with E-state index in [2.05, 4.69) is 46.7 Å². The van der Waals surface area contributed by atoms with E-state index in [9.17, 15) is 8.42 Å². The molecule has 5 nitrogen and oxygen atoms in total. The maximum absolute atomic E-state index is 11.2. The molecule has 0 radical (unpaired) electrons. The maximum Gasteiger partial charge on any atom is 0.208 e. The zero-order valence-corrected chi connectivity index (χ0v) is 14.8. The lowest BCUT2D eigenvalue weighted by Gasteiger charge is -2.17. The Morgan fingerprint density at radius 3 is 2.87 bits per heavy atom. The van der Waals surface area contributed by atoms with Gasteiger partial charge in [0.2, 0.25) is 10.0 Å². The Balaban J connectivity index is 1.68. The summed E-state index contributed by atoms with van der Waals surface area (Å²) in [7, 11) is -3.09. The van der Waals surface area contributed by atoms with Gasteiger partial charge in [-0.25, -0.2) is 13.1 Å². The highest BCUT2D eigenvalue weighted by Gasteiger charge is 2.23. The standard InChI is InChI=1S/C17H25N3O2S/c1-12-13(2)19-17-15(5-4-6-16(12)17)11-20-8-7-14(10-20)9-18-23(3,21)22/h4-6,14,18-19H,7-11H2,1-3H3/t14-/m0/s1. The van der Waals surface area contributed by atoms with Gasteiger partial charge < -0.3 is 4.98 Å². The average Bonchev–Trinajstić information content (AvgIpc) is 3.03. The third kappa shape index (κ3) is 3.76. The molecule has 1 aliphatic heterocycles. The van der Waals surface area contributed by atoms with Gasteiger partial charge in [-0.05, 0) is 43.9 Å². The first kappa shape index (κ1) is 16.5. The van der Waals surface area contributed by atoms with Crippen molar-refractivity contribution in [1.29, 1.82) is 0 Å². The molecule has 0 bridgehead atoms. The number of hydrogen-bond donors (Lipinski definition) is 2. The van der Waals surface area contributed by atoms with Crippen LogP contribution in [0.15, 0.2) is 18.2 Å². The molecule has 6 heteroatoms. The number of rotatable bonds is 5. The zero-order chi connectivity index (χ0) is 16.6. The molecule has 1 aromatic heterocycles. The number of likely N-dealkylation sites (tertiary alicyclic amines) is 1. The monoisotopic (exact) mass is 335 g/mol. The van der Waals surface area contributed by atoms with E-state index in [1.807, 2.05) is 0 Å². The second-order valence-electron chi connectivity index (χ2n) is 6.73. The molecule has 1 fully saturated rings. The van der Waals surface area contributed by atoms with E-state index in [0.29, 0.717) is 12.5 Å². The molecule has 1 atom stereocenters. The van der Waals surface area contributed by atoms with Crippen LogP contribution in [0.1, 0.15) is 23.2 Å². The number of aromatic amines is 1. The van der Waals surface area contributed by atoms with Crippen molar-refractivity contribution in [3.63, 3.8) is 0 Å². The molecule has 0 spiro atoms. The van der Waals surface area contributed by atoms with Gasteiger partial charge in [0, 0.05) is 30.7 Å². The Hall–Kier alpha value is -1.37. The number of H-pyrrole nitrogens is 1. The lowest BCUT2D eigenvalue weighted by atomic mass is 10.1. The van der Waals surface area contributed by atoms with E-state index >= 15 is 0 Å². The van der Waals surface area contributed by atoms with Gasteiger partial charge in [-0.1, -0.05) is 18.2 Å². The number of benzene rings is 1. The molecule has 0 amide bonds. The summed E-state index contributed by atoms with van der Waals surface area (Å²) in [4.78, 5) is 5.92. The molecule has 1 aromatic carbocycles. The smallest absolute Gasteiger partial charge is 0.208 e. The highest BCUT2D eigenvalue weighted by Crippen LogP contribution is 2.26. The molecule has 0 saturated carbocycles. The van der Waals surface area contributed by atoms with Crippen molar-refractivity contribution < 1.29 is 8.42 Å². The van der Waals surface area contributed by atoms with Crippen molar-refractivity contribution in [1.82, 2.24) is 14.6 Å². The molecule has 0 unspecified atom stereocenters. The van der Waals surface area contributed by atoms with Gasteiger partial charge in [-0.15, -0.1) is 0 Å². The van der Waals surface area contributed by atoms with Crippen LogP contribution in [0.3, 0.4) is 0 Å². The minimum atomic E-state index is -3.09. The number of fused-ring (bicyclic) bond motifs is 1. The van der Waals surface area contributed by atoms with Gasteiger partial charge in [-0.3, -0.25) is 4.90 Å². The molecule has 2 N–H and O–H groups in total. The predicted octanol–water partition coefficient (Wildman–Crippen LogP) is 2.16. The molecule has 2 aromatic rings. The van der Waals surface area contributed by atoms with Crippen molar-refractivity contribution in [3.8, 4) is 0 Å². The van der Waals surface area contributed by atoms with E-state index in [1.54, 1.807) is 0 Å². The summed E-state index contributed by atoms with van der Waals surface area (Å²) in [6.07, 6.45) is 2.26. The Bertz CT molecular complexity index is 811. The minimum Gasteiger partial charge on any atom is -0.358 e. The predicted molar refractivity (Wildman–Crippen MR) is 94.0 cm³/mol. The first-order valence-electron chi connectivity index (χ1n) is 8.07. The van der Waals surface area contributed by atoms with E-state index in [0.717, 1.165) is 26.1 Å². The van der Waals surface area contributed by atoms with Gasteiger partial charge in [0.1, 0.15) is 0 Å². The number of sulfonamides is 1. The van der Waals surface area contributed by atoms with Gasteiger partial charge in [0.25, 0.3) is 0 Å². The summed E-state index contributed by atoms with van der Waals surface area (Å²) in [6, 6.07) is 6.47. The van der Waals surface area contributed by atoms with Crippen LogP contribution in [-0.2, 0) is 16.6 Å². The first-order chi connectivity index (χ1) is 10.8. The third-order valence-corrected chi connectivity index (χ3v) is 5.52. The van der Waals surface area contributed by atoms with Crippen LogP contribution in [0.25, 0.3) is 10.9 Å². The Morgan fingerprint density at radius 2 is 2.13 bits per heavy atom. The molecule has 0 aliphatic carbocycles. The number of aryl methyl sites for hydroxylation is 2.